The van der Waals surface area contributed by atoms with Gasteiger partial charge in [0.1, 0.15) is 17.2 Å². The number of nitrogens with one attached hydrogen (secondary N) is 2. The molecule has 0 saturated carbocycles. The fourth-order valence-electron chi connectivity index (χ4n) is 5.60. The number of carbonyl (C=O) groups is 1. The van der Waals surface area contributed by atoms with Gasteiger partial charge in [-0.3, -0.25) is 14.7 Å². The van der Waals surface area contributed by atoms with Crippen LogP contribution in [0.4, 0.5) is 24.5 Å². The molecule has 0 aliphatic carbocycles. The number of anilines is 2. The molecule has 3 heterocycles. The van der Waals surface area contributed by atoms with Crippen molar-refractivity contribution in [2.45, 2.75) is 25.1 Å². The van der Waals surface area contributed by atoms with Crippen LogP contribution in [0.15, 0.2) is 86.2 Å². The summed E-state index contributed by atoms with van der Waals surface area (Å²) in [4.78, 5) is 33.5. The van der Waals surface area contributed by atoms with Crippen molar-refractivity contribution in [3.05, 3.63) is 82.4 Å². The van der Waals surface area contributed by atoms with Crippen molar-refractivity contribution in [1.29, 1.82) is 0 Å². The highest BCUT2D eigenvalue weighted by Crippen LogP contribution is 2.31. The van der Waals surface area contributed by atoms with Gasteiger partial charge in [-0.2, -0.15) is 18.2 Å². The molecule has 46 heavy (non-hydrogen) atoms. The number of amidine groups is 1. The highest BCUT2D eigenvalue weighted by molar-refractivity contribution is 9.10. The maximum absolute atomic E-state index is 13.1. The molecule has 0 unspecified atom stereocenters. The first-order valence-corrected chi connectivity index (χ1v) is 15.6. The second kappa shape index (κ2) is 14.1. The van der Waals surface area contributed by atoms with E-state index in [0.29, 0.717) is 22.2 Å². The number of rotatable bonds is 6. The number of halogens is 4. The van der Waals surface area contributed by atoms with Crippen LogP contribution in [0.1, 0.15) is 28.8 Å². The molecule has 0 spiro atoms. The van der Waals surface area contributed by atoms with Gasteiger partial charge in [-0.25, -0.2) is 4.99 Å². The molecule has 3 aliphatic heterocycles. The molecule has 5 rings (SSSR count). The van der Waals surface area contributed by atoms with Crippen LogP contribution in [0.5, 0.6) is 0 Å². The molecule has 3 aliphatic rings. The number of likely N-dealkylation sites (tertiary alicyclic amines) is 1. The van der Waals surface area contributed by atoms with Crippen LogP contribution in [0, 0.1) is 0 Å². The molecule has 2 aromatic rings. The average molecular weight is 702 g/mol. The summed E-state index contributed by atoms with van der Waals surface area (Å²) < 4.78 is 40.0. The second-order valence-corrected chi connectivity index (χ2v) is 12.1. The molecule has 2 saturated heterocycles. The maximum Gasteiger partial charge on any atom is 0.416 e. The Kier molecular flexibility index (Phi) is 10.1. The van der Waals surface area contributed by atoms with Gasteiger partial charge in [-0.15, -0.1) is 0 Å². The number of carbonyl (C=O) groups excluding carboxylic acids is 1. The molecule has 0 aromatic heterocycles. The van der Waals surface area contributed by atoms with Gasteiger partial charge >= 0.3 is 6.18 Å². The van der Waals surface area contributed by atoms with E-state index in [1.165, 1.54) is 30.5 Å². The fourth-order valence-corrected chi connectivity index (χ4v) is 5.94. The van der Waals surface area contributed by atoms with Crippen LogP contribution in [-0.2, 0) is 6.18 Å². The minimum atomic E-state index is -4.54. The number of guanidine groups is 1. The summed E-state index contributed by atoms with van der Waals surface area (Å²) in [6.45, 7) is 9.09. The topological polar surface area (TPSA) is 140 Å². The standard InChI is InChI=1S/C31H36BrF3N10O/c1-3-38-25-26(41-30(42-27(25)36)45-15-13-44(14-16-45)22-9-11-43(2)12-10-22)28(37)40-24-17-19(7-8-23(24)32)29(46)39-21-6-4-5-20(18-21)31(33,34)35/h3-8,17-18,22,40H,1,9-16,37H2,2H3,(H,39,46)(H2,36,41,42)/b28-26-,38-25+. The average Bonchev–Trinajstić information content (AvgIpc) is 3.03. The van der Waals surface area contributed by atoms with Crippen LogP contribution >= 0.6 is 15.9 Å². The highest BCUT2D eigenvalue weighted by Gasteiger charge is 2.31. The van der Waals surface area contributed by atoms with E-state index >= 15 is 0 Å². The number of aliphatic imine (C=N–C) groups is 3. The van der Waals surface area contributed by atoms with Crippen molar-refractivity contribution in [3.8, 4) is 0 Å². The zero-order chi connectivity index (χ0) is 33.0. The molecule has 244 valence electrons. The van der Waals surface area contributed by atoms with E-state index in [1.807, 2.05) is 0 Å². The van der Waals surface area contributed by atoms with E-state index in [9.17, 15) is 18.0 Å². The van der Waals surface area contributed by atoms with Gasteiger partial charge in [0.25, 0.3) is 5.91 Å². The molecular weight excluding hydrogens is 665 g/mol. The van der Waals surface area contributed by atoms with E-state index in [1.54, 1.807) is 6.07 Å². The lowest BCUT2D eigenvalue weighted by Crippen LogP contribution is -2.54. The first-order valence-electron chi connectivity index (χ1n) is 14.8. The van der Waals surface area contributed by atoms with E-state index in [0.717, 1.165) is 64.2 Å². The Balaban J connectivity index is 1.34. The number of hydrogen-bond donors (Lipinski definition) is 4. The fraction of sp³-hybridized carbons (Fsp3) is 0.355. The summed E-state index contributed by atoms with van der Waals surface area (Å²) in [5.74, 6) is 0.0491. The monoisotopic (exact) mass is 700 g/mol. The van der Waals surface area contributed by atoms with Gasteiger partial charge in [0.2, 0.25) is 5.96 Å². The van der Waals surface area contributed by atoms with Crippen LogP contribution in [0.3, 0.4) is 0 Å². The number of nitrogens with zero attached hydrogens (tertiary/aromatic N) is 6. The second-order valence-electron chi connectivity index (χ2n) is 11.2. The Hall–Kier alpha value is -4.21. The summed E-state index contributed by atoms with van der Waals surface area (Å²) in [7, 11) is 2.16. The Labute approximate surface area is 273 Å². The minimum Gasteiger partial charge on any atom is -0.383 e. The number of alkyl halides is 3. The first-order chi connectivity index (χ1) is 21.9. The predicted octanol–water partition coefficient (Wildman–Crippen LogP) is 4.28. The smallest absolute Gasteiger partial charge is 0.383 e. The summed E-state index contributed by atoms with van der Waals surface area (Å²) in [6, 6.07) is 9.65. The van der Waals surface area contributed by atoms with Gasteiger partial charge in [0.15, 0.2) is 5.84 Å². The number of piperazine rings is 1. The summed E-state index contributed by atoms with van der Waals surface area (Å²) >= 11 is 3.46. The Morgan fingerprint density at radius 2 is 1.78 bits per heavy atom. The third-order valence-corrected chi connectivity index (χ3v) is 8.81. The van der Waals surface area contributed by atoms with Gasteiger partial charge in [0.05, 0.1) is 11.3 Å². The quantitative estimate of drug-likeness (QED) is 0.353. The molecule has 0 atom stereocenters. The number of hydrogen-bond acceptors (Lipinski definition) is 10. The summed E-state index contributed by atoms with van der Waals surface area (Å²) in [6.07, 6.45) is -0.906. The molecular formula is C31H36BrF3N10O. The lowest BCUT2D eigenvalue weighted by atomic mass is 10.0. The highest BCUT2D eigenvalue weighted by atomic mass is 79.9. The Morgan fingerprint density at radius 3 is 2.46 bits per heavy atom. The molecule has 2 fully saturated rings. The van der Waals surface area contributed by atoms with Crippen molar-refractivity contribution in [2.75, 3.05) is 56.9 Å². The zero-order valence-corrected chi connectivity index (χ0v) is 26.9. The van der Waals surface area contributed by atoms with E-state index < -0.39 is 17.6 Å². The van der Waals surface area contributed by atoms with Gasteiger partial charge in [-0.05, 0) is 85.3 Å². The van der Waals surface area contributed by atoms with Crippen molar-refractivity contribution >= 4 is 50.7 Å². The summed E-state index contributed by atoms with van der Waals surface area (Å²) in [5, 5.41) is 5.58. The lowest BCUT2D eigenvalue weighted by Gasteiger charge is -2.42. The number of piperidine rings is 1. The van der Waals surface area contributed by atoms with E-state index in [4.69, 9.17) is 16.5 Å². The molecule has 1 amide bonds. The molecule has 15 heteroatoms. The van der Waals surface area contributed by atoms with Crippen molar-refractivity contribution in [2.24, 2.45) is 26.4 Å². The molecule has 0 radical (unpaired) electrons. The number of nitrogens with two attached hydrogens (primary N) is 2. The largest absolute Gasteiger partial charge is 0.416 e. The predicted molar refractivity (Wildman–Crippen MR) is 179 cm³/mol. The van der Waals surface area contributed by atoms with E-state index in [-0.39, 0.29) is 34.3 Å². The van der Waals surface area contributed by atoms with Crippen molar-refractivity contribution in [1.82, 2.24) is 14.7 Å². The van der Waals surface area contributed by atoms with Crippen LogP contribution in [-0.4, -0.2) is 90.5 Å². The van der Waals surface area contributed by atoms with Gasteiger partial charge < -0.3 is 31.9 Å². The molecule has 11 nitrogen and oxygen atoms in total. The van der Waals surface area contributed by atoms with Gasteiger partial charge in [0, 0.05) is 54.1 Å². The third kappa shape index (κ3) is 7.77. The maximum atomic E-state index is 13.1. The first kappa shape index (κ1) is 33.2. The van der Waals surface area contributed by atoms with Crippen LogP contribution in [0.2, 0.25) is 0 Å². The molecule has 6 N–H and O–H groups in total. The zero-order valence-electron chi connectivity index (χ0n) is 25.3. The van der Waals surface area contributed by atoms with Gasteiger partial charge in [-0.1, -0.05) is 12.6 Å². The molecule has 2 aromatic carbocycles. The Bertz CT molecular complexity index is 1600. The van der Waals surface area contributed by atoms with Crippen LogP contribution < -0.4 is 22.1 Å². The van der Waals surface area contributed by atoms with Crippen molar-refractivity contribution in [3.63, 3.8) is 0 Å². The third-order valence-electron chi connectivity index (χ3n) is 8.12. The molecule has 0 bridgehead atoms. The number of benzene rings is 2. The normalized spacial score (nSPS) is 20.6. The number of amides is 1. The SMILES string of the molecule is C=C/N=C1/C(N)=NC(N2CCN(C3CCN(C)CC3)CC2)=N/C1=C(/N)Nc1cc(C(=O)Nc2cccc(C(F)(F)F)c2)ccc1Br. The van der Waals surface area contributed by atoms with E-state index in [2.05, 4.69) is 64.9 Å². The minimum absolute atomic E-state index is 0.00942. The lowest BCUT2D eigenvalue weighted by molar-refractivity contribution is -0.137. The Morgan fingerprint density at radius 1 is 1.07 bits per heavy atom. The van der Waals surface area contributed by atoms with Crippen molar-refractivity contribution < 1.29 is 18.0 Å². The summed E-state index contributed by atoms with van der Waals surface area (Å²) in [5.41, 5.74) is 13.1. The van der Waals surface area contributed by atoms with Crippen LogP contribution in [0.25, 0.3) is 0 Å².